The quantitative estimate of drug-likeness (QED) is 0.507. The third kappa shape index (κ3) is 3.31. The summed E-state index contributed by atoms with van der Waals surface area (Å²) in [4.78, 5) is 28.1. The molecule has 9 nitrogen and oxygen atoms in total. The van der Waals surface area contributed by atoms with Crippen molar-refractivity contribution >= 4 is 35.2 Å². The van der Waals surface area contributed by atoms with Crippen LogP contribution in [0.2, 0.25) is 0 Å². The minimum Gasteiger partial charge on any atom is -0.366 e. The molecule has 1 aliphatic heterocycles. The molecule has 3 heterocycles. The predicted molar refractivity (Wildman–Crippen MR) is 106 cm³/mol. The van der Waals surface area contributed by atoms with Crippen molar-refractivity contribution in [3.05, 3.63) is 22.9 Å². The summed E-state index contributed by atoms with van der Waals surface area (Å²) in [5, 5.41) is 23.4. The highest BCUT2D eigenvalue weighted by Gasteiger charge is 2.31. The van der Waals surface area contributed by atoms with Gasteiger partial charge in [0, 0.05) is 23.2 Å². The van der Waals surface area contributed by atoms with E-state index >= 15 is 0 Å². The topological polar surface area (TPSA) is 124 Å². The Morgan fingerprint density at radius 1 is 1.34 bits per heavy atom. The van der Waals surface area contributed by atoms with E-state index in [-0.39, 0.29) is 24.3 Å². The Hall–Kier alpha value is -3.41. The lowest BCUT2D eigenvalue weighted by Gasteiger charge is -2.18. The van der Waals surface area contributed by atoms with Crippen LogP contribution in [0.3, 0.4) is 0 Å². The molecule has 3 aliphatic rings. The summed E-state index contributed by atoms with van der Waals surface area (Å²) in [6.07, 6.45) is 7.77. The van der Waals surface area contributed by atoms with E-state index in [1.54, 1.807) is 16.8 Å². The van der Waals surface area contributed by atoms with Crippen LogP contribution in [0.5, 0.6) is 0 Å². The van der Waals surface area contributed by atoms with Crippen molar-refractivity contribution < 1.29 is 9.59 Å². The van der Waals surface area contributed by atoms with Gasteiger partial charge in [-0.1, -0.05) is 0 Å². The number of carbonyl (C=O) groups is 2. The van der Waals surface area contributed by atoms with Crippen LogP contribution < -0.4 is 16.0 Å². The van der Waals surface area contributed by atoms with E-state index < -0.39 is 0 Å². The minimum atomic E-state index is -0.389. The fourth-order valence-electron chi connectivity index (χ4n) is 3.61. The van der Waals surface area contributed by atoms with Crippen LogP contribution in [-0.4, -0.2) is 38.5 Å². The normalized spacial score (nSPS) is 21.3. The summed E-state index contributed by atoms with van der Waals surface area (Å²) in [6.45, 7) is 2.10. The summed E-state index contributed by atoms with van der Waals surface area (Å²) in [6, 6.07) is 2.82. The predicted octanol–water partition coefficient (Wildman–Crippen LogP) is 1.82. The second kappa shape index (κ2) is 6.58. The Balaban J connectivity index is 1.63. The molecule has 29 heavy (non-hydrogen) atoms. The molecule has 0 bridgehead atoms. The van der Waals surface area contributed by atoms with Crippen molar-refractivity contribution in [2.45, 2.75) is 51.1 Å². The lowest BCUT2D eigenvalue weighted by atomic mass is 10.1. The summed E-state index contributed by atoms with van der Waals surface area (Å²) in [5.74, 6) is 1.03. The number of hydrogen-bond acceptors (Lipinski definition) is 7. The van der Waals surface area contributed by atoms with Gasteiger partial charge in [0.15, 0.2) is 17.3 Å². The first-order valence-electron chi connectivity index (χ1n) is 9.93. The third-order valence-corrected chi connectivity index (χ3v) is 5.62. The number of carbonyl (C=O) groups excluding carboxylic acids is 2. The van der Waals surface area contributed by atoms with Gasteiger partial charge in [-0.15, -0.1) is 0 Å². The van der Waals surface area contributed by atoms with Gasteiger partial charge in [-0.25, -0.2) is 4.98 Å². The maximum atomic E-state index is 11.9. The minimum absolute atomic E-state index is 0.0451. The molecule has 2 saturated carbocycles. The average Bonchev–Trinajstić information content (AvgIpc) is 3.60. The molecule has 2 aromatic heterocycles. The number of fused-ring (bicyclic) bond motifs is 1. The zero-order chi connectivity index (χ0) is 20.1. The number of rotatable bonds is 6. The average molecular weight is 391 g/mol. The largest absolute Gasteiger partial charge is 0.366 e. The van der Waals surface area contributed by atoms with Crippen LogP contribution in [0.15, 0.2) is 11.8 Å². The molecule has 0 radical (unpaired) electrons. The Morgan fingerprint density at radius 3 is 2.76 bits per heavy atom. The summed E-state index contributed by atoms with van der Waals surface area (Å²) < 4.78 is 1.62. The number of anilines is 2. The Morgan fingerprint density at radius 2 is 2.14 bits per heavy atom. The summed E-state index contributed by atoms with van der Waals surface area (Å²) in [5.41, 5.74) is 1.99. The van der Waals surface area contributed by atoms with E-state index in [0.29, 0.717) is 45.9 Å². The molecule has 148 valence electrons. The number of nitrogens with zero attached hydrogens (tertiary/aromatic N) is 4. The van der Waals surface area contributed by atoms with Crippen molar-refractivity contribution in [2.24, 2.45) is 5.92 Å². The molecule has 0 aromatic carbocycles. The highest BCUT2D eigenvalue weighted by Crippen LogP contribution is 2.36. The Labute approximate surface area is 167 Å². The molecule has 9 heteroatoms. The van der Waals surface area contributed by atoms with Gasteiger partial charge in [-0.05, 0) is 44.6 Å². The SMILES string of the molecule is C[C@H](Nc1nc2c(/C=C3\CC(=O)NC3=O)cnn2c(NC2CC2)c1C#N)C1CC1. The first kappa shape index (κ1) is 17.7. The van der Waals surface area contributed by atoms with E-state index in [2.05, 4.69) is 34.0 Å². The van der Waals surface area contributed by atoms with Crippen LogP contribution in [0.4, 0.5) is 11.6 Å². The Kier molecular flexibility index (Phi) is 4.01. The molecule has 1 saturated heterocycles. The van der Waals surface area contributed by atoms with Gasteiger partial charge in [0.2, 0.25) is 5.91 Å². The standard InChI is InChI=1S/C20H21N7O2/c1-10(11-2-3-11)23-17-15(8-21)19(24-14-4-5-14)27-18(26-17)13(9-22-27)6-12-7-16(28)25-20(12)29/h6,9-11,14,24H,2-5,7H2,1H3,(H,23,26)(H,25,28,29)/b12-6+/t10-/m0/s1. The molecule has 2 amide bonds. The molecular weight excluding hydrogens is 370 g/mol. The monoisotopic (exact) mass is 391 g/mol. The number of aromatic nitrogens is 3. The van der Waals surface area contributed by atoms with Crippen molar-refractivity contribution in [3.63, 3.8) is 0 Å². The van der Waals surface area contributed by atoms with Crippen molar-refractivity contribution in [2.75, 3.05) is 10.6 Å². The molecule has 2 aromatic rings. The third-order valence-electron chi connectivity index (χ3n) is 5.62. The highest BCUT2D eigenvalue weighted by atomic mass is 16.2. The van der Waals surface area contributed by atoms with Crippen LogP contribution in [0, 0.1) is 17.2 Å². The molecule has 1 atom stereocenters. The van der Waals surface area contributed by atoms with Gasteiger partial charge >= 0.3 is 0 Å². The summed E-state index contributed by atoms with van der Waals surface area (Å²) >= 11 is 0. The first-order valence-corrected chi connectivity index (χ1v) is 9.93. The van der Waals surface area contributed by atoms with Gasteiger partial charge in [-0.3, -0.25) is 14.9 Å². The highest BCUT2D eigenvalue weighted by molar-refractivity contribution is 6.15. The molecule has 2 aliphatic carbocycles. The maximum absolute atomic E-state index is 11.9. The van der Waals surface area contributed by atoms with Crippen LogP contribution in [0.1, 0.15) is 50.2 Å². The van der Waals surface area contributed by atoms with Gasteiger partial charge in [0.1, 0.15) is 11.6 Å². The number of hydrogen-bond donors (Lipinski definition) is 3. The van der Waals surface area contributed by atoms with Crippen molar-refractivity contribution in [1.29, 1.82) is 5.26 Å². The number of amides is 2. The molecule has 0 unspecified atom stereocenters. The molecule has 0 spiro atoms. The fourth-order valence-corrected chi connectivity index (χ4v) is 3.61. The molecule has 3 N–H and O–H groups in total. The van der Waals surface area contributed by atoms with Crippen LogP contribution >= 0.6 is 0 Å². The number of imide groups is 1. The molecule has 3 fully saturated rings. The van der Waals surface area contributed by atoms with E-state index in [4.69, 9.17) is 4.98 Å². The maximum Gasteiger partial charge on any atom is 0.254 e. The smallest absolute Gasteiger partial charge is 0.254 e. The van der Waals surface area contributed by atoms with Gasteiger partial charge in [0.25, 0.3) is 5.91 Å². The second-order valence-electron chi connectivity index (χ2n) is 8.04. The number of nitrogens with one attached hydrogen (secondary N) is 3. The lowest BCUT2D eigenvalue weighted by molar-refractivity contribution is -0.124. The van der Waals surface area contributed by atoms with E-state index in [9.17, 15) is 14.9 Å². The fraction of sp³-hybridized carbons (Fsp3) is 0.450. The van der Waals surface area contributed by atoms with E-state index in [1.807, 2.05) is 0 Å². The second-order valence-corrected chi connectivity index (χ2v) is 8.04. The van der Waals surface area contributed by atoms with Crippen LogP contribution in [0.25, 0.3) is 11.7 Å². The van der Waals surface area contributed by atoms with Gasteiger partial charge in [0.05, 0.1) is 12.6 Å². The first-order chi connectivity index (χ1) is 14.0. The van der Waals surface area contributed by atoms with E-state index in [0.717, 1.165) is 12.8 Å². The number of nitriles is 1. The molecular formula is C20H21N7O2. The van der Waals surface area contributed by atoms with E-state index in [1.165, 1.54) is 12.8 Å². The van der Waals surface area contributed by atoms with Gasteiger partial charge < -0.3 is 10.6 Å². The lowest BCUT2D eigenvalue weighted by Crippen LogP contribution is -2.21. The van der Waals surface area contributed by atoms with Crippen LogP contribution in [-0.2, 0) is 9.59 Å². The van der Waals surface area contributed by atoms with Gasteiger partial charge in [-0.2, -0.15) is 14.9 Å². The zero-order valence-electron chi connectivity index (χ0n) is 16.0. The van der Waals surface area contributed by atoms with Crippen molar-refractivity contribution in [1.82, 2.24) is 19.9 Å². The van der Waals surface area contributed by atoms with Crippen molar-refractivity contribution in [3.8, 4) is 6.07 Å². The zero-order valence-corrected chi connectivity index (χ0v) is 16.0. The molecule has 5 rings (SSSR count). The summed E-state index contributed by atoms with van der Waals surface area (Å²) in [7, 11) is 0. The Bertz CT molecular complexity index is 1100.